The summed E-state index contributed by atoms with van der Waals surface area (Å²) in [5.74, 6) is 0.749. The fourth-order valence-corrected chi connectivity index (χ4v) is 1.83. The van der Waals surface area contributed by atoms with Crippen molar-refractivity contribution in [1.82, 2.24) is 15.5 Å². The fourth-order valence-electron chi connectivity index (χ4n) is 1.83. The van der Waals surface area contributed by atoms with Gasteiger partial charge in [0.1, 0.15) is 11.5 Å². The second-order valence-corrected chi connectivity index (χ2v) is 4.07. The van der Waals surface area contributed by atoms with Crippen molar-refractivity contribution in [3.8, 4) is 0 Å². The van der Waals surface area contributed by atoms with Crippen LogP contribution in [-0.2, 0) is 0 Å². The lowest BCUT2D eigenvalue weighted by Gasteiger charge is -2.17. The second kappa shape index (κ2) is 4.83. The Kier molecular flexibility index (Phi) is 3.24. The first-order valence-electron chi connectivity index (χ1n) is 5.50. The van der Waals surface area contributed by atoms with Crippen molar-refractivity contribution in [3.05, 3.63) is 23.9 Å². The SMILES string of the molecule is Nc1cc(C(=O)NCC2CC=CCC2)[nH]n1. The van der Waals surface area contributed by atoms with Crippen molar-refractivity contribution in [3.63, 3.8) is 0 Å². The third kappa shape index (κ3) is 2.62. The van der Waals surface area contributed by atoms with Crippen molar-refractivity contribution in [2.45, 2.75) is 19.3 Å². The summed E-state index contributed by atoms with van der Waals surface area (Å²) in [4.78, 5) is 11.6. The van der Waals surface area contributed by atoms with Crippen LogP contribution in [0.5, 0.6) is 0 Å². The van der Waals surface area contributed by atoms with Crippen LogP contribution in [0.25, 0.3) is 0 Å². The number of nitrogens with zero attached hydrogens (tertiary/aromatic N) is 1. The molecule has 0 fully saturated rings. The number of nitrogen functional groups attached to an aromatic ring is 1. The molecule has 2 rings (SSSR count). The highest BCUT2D eigenvalue weighted by Gasteiger charge is 2.13. The Hall–Kier alpha value is -1.78. The zero-order chi connectivity index (χ0) is 11.4. The fraction of sp³-hybridized carbons (Fsp3) is 0.455. The summed E-state index contributed by atoms with van der Waals surface area (Å²) in [6.45, 7) is 0.710. The molecule has 4 N–H and O–H groups in total. The number of H-pyrrole nitrogens is 1. The van der Waals surface area contributed by atoms with Crippen molar-refractivity contribution < 1.29 is 4.79 Å². The molecule has 5 heteroatoms. The van der Waals surface area contributed by atoms with Crippen molar-refractivity contribution >= 4 is 11.7 Å². The molecule has 1 unspecified atom stereocenters. The van der Waals surface area contributed by atoms with Gasteiger partial charge < -0.3 is 11.1 Å². The summed E-state index contributed by atoms with van der Waals surface area (Å²) in [5.41, 5.74) is 5.84. The number of rotatable bonds is 3. The number of aromatic amines is 1. The second-order valence-electron chi connectivity index (χ2n) is 4.07. The Balaban J connectivity index is 1.81. The highest BCUT2D eigenvalue weighted by atomic mass is 16.1. The molecule has 86 valence electrons. The van der Waals surface area contributed by atoms with Gasteiger partial charge in [-0.05, 0) is 25.2 Å². The number of nitrogens with two attached hydrogens (primary N) is 1. The van der Waals surface area contributed by atoms with Gasteiger partial charge in [-0.15, -0.1) is 0 Å². The summed E-state index contributed by atoms with van der Waals surface area (Å²) >= 11 is 0. The molecule has 1 aliphatic rings. The van der Waals surface area contributed by atoms with Gasteiger partial charge >= 0.3 is 0 Å². The summed E-state index contributed by atoms with van der Waals surface area (Å²) in [5, 5.41) is 9.19. The molecule has 0 aromatic carbocycles. The molecule has 0 saturated carbocycles. The number of carbonyl (C=O) groups is 1. The summed E-state index contributed by atoms with van der Waals surface area (Å²) < 4.78 is 0. The van der Waals surface area contributed by atoms with E-state index in [2.05, 4.69) is 27.7 Å². The standard InChI is InChI=1S/C11H16N4O/c12-10-6-9(14-15-10)11(16)13-7-8-4-2-1-3-5-8/h1-2,6,8H,3-5,7H2,(H,13,16)(H3,12,14,15). The highest BCUT2D eigenvalue weighted by molar-refractivity contribution is 5.92. The molecule has 1 aliphatic carbocycles. The summed E-state index contributed by atoms with van der Waals surface area (Å²) in [6.07, 6.45) is 7.66. The van der Waals surface area contributed by atoms with Gasteiger partial charge in [-0.2, -0.15) is 5.10 Å². The van der Waals surface area contributed by atoms with Gasteiger partial charge in [-0.25, -0.2) is 0 Å². The van der Waals surface area contributed by atoms with Crippen LogP contribution in [0.4, 0.5) is 5.82 Å². The van der Waals surface area contributed by atoms with Crippen LogP contribution in [0.15, 0.2) is 18.2 Å². The Bertz CT molecular complexity index is 396. The van der Waals surface area contributed by atoms with Crippen LogP contribution in [0.1, 0.15) is 29.8 Å². The molecule has 1 aromatic heterocycles. The number of carbonyl (C=O) groups excluding carboxylic acids is 1. The first-order chi connectivity index (χ1) is 7.75. The van der Waals surface area contributed by atoms with E-state index >= 15 is 0 Å². The maximum atomic E-state index is 11.6. The highest BCUT2D eigenvalue weighted by Crippen LogP contribution is 2.16. The maximum absolute atomic E-state index is 11.6. The number of hydrogen-bond acceptors (Lipinski definition) is 3. The molecule has 16 heavy (non-hydrogen) atoms. The van der Waals surface area contributed by atoms with Crippen molar-refractivity contribution in [2.24, 2.45) is 5.92 Å². The van der Waals surface area contributed by atoms with E-state index in [0.29, 0.717) is 24.0 Å². The Morgan fingerprint density at radius 1 is 1.62 bits per heavy atom. The Labute approximate surface area is 94.1 Å². The summed E-state index contributed by atoms with van der Waals surface area (Å²) in [7, 11) is 0. The summed E-state index contributed by atoms with van der Waals surface area (Å²) in [6, 6.07) is 1.54. The largest absolute Gasteiger partial charge is 0.382 e. The zero-order valence-electron chi connectivity index (χ0n) is 9.07. The van der Waals surface area contributed by atoms with Crippen LogP contribution < -0.4 is 11.1 Å². The molecule has 0 bridgehead atoms. The quantitative estimate of drug-likeness (QED) is 0.666. The van der Waals surface area contributed by atoms with Gasteiger partial charge in [0.2, 0.25) is 0 Å². The number of aromatic nitrogens is 2. The number of anilines is 1. The topological polar surface area (TPSA) is 83.8 Å². The normalized spacial score (nSPS) is 19.6. The van der Waals surface area contributed by atoms with Crippen LogP contribution in [-0.4, -0.2) is 22.6 Å². The van der Waals surface area contributed by atoms with Crippen LogP contribution >= 0.6 is 0 Å². The zero-order valence-corrected chi connectivity index (χ0v) is 9.07. The average Bonchev–Trinajstić information content (AvgIpc) is 2.74. The molecule has 0 spiro atoms. The monoisotopic (exact) mass is 220 g/mol. The van der Waals surface area contributed by atoms with E-state index in [-0.39, 0.29) is 5.91 Å². The molecule has 1 aromatic rings. The van der Waals surface area contributed by atoms with Gasteiger partial charge in [0.15, 0.2) is 0 Å². The Morgan fingerprint density at radius 2 is 2.50 bits per heavy atom. The average molecular weight is 220 g/mol. The van der Waals surface area contributed by atoms with E-state index < -0.39 is 0 Å². The Morgan fingerprint density at radius 3 is 3.12 bits per heavy atom. The third-order valence-electron chi connectivity index (χ3n) is 2.77. The van der Waals surface area contributed by atoms with E-state index in [1.165, 1.54) is 6.07 Å². The van der Waals surface area contributed by atoms with Crippen LogP contribution in [0, 0.1) is 5.92 Å². The molecular formula is C11H16N4O. The molecule has 1 amide bonds. The predicted molar refractivity (Wildman–Crippen MR) is 61.8 cm³/mol. The first kappa shape index (κ1) is 10.7. The van der Waals surface area contributed by atoms with E-state index in [1.54, 1.807) is 0 Å². The molecular weight excluding hydrogens is 204 g/mol. The lowest BCUT2D eigenvalue weighted by molar-refractivity contribution is 0.0941. The molecule has 0 aliphatic heterocycles. The lowest BCUT2D eigenvalue weighted by atomic mass is 9.94. The van der Waals surface area contributed by atoms with Crippen molar-refractivity contribution in [2.75, 3.05) is 12.3 Å². The minimum atomic E-state index is -0.140. The van der Waals surface area contributed by atoms with Gasteiger partial charge in [-0.3, -0.25) is 9.89 Å². The van der Waals surface area contributed by atoms with Crippen LogP contribution in [0.3, 0.4) is 0 Å². The van der Waals surface area contributed by atoms with Gasteiger partial charge in [0.05, 0.1) is 0 Å². The van der Waals surface area contributed by atoms with Crippen molar-refractivity contribution in [1.29, 1.82) is 0 Å². The molecule has 5 nitrogen and oxygen atoms in total. The lowest BCUT2D eigenvalue weighted by Crippen LogP contribution is -2.29. The molecule has 1 heterocycles. The maximum Gasteiger partial charge on any atom is 0.269 e. The first-order valence-corrected chi connectivity index (χ1v) is 5.50. The van der Waals surface area contributed by atoms with Gasteiger partial charge in [-0.1, -0.05) is 12.2 Å². The number of amides is 1. The van der Waals surface area contributed by atoms with E-state index in [1.807, 2.05) is 0 Å². The molecule has 0 saturated heterocycles. The van der Waals surface area contributed by atoms with Crippen LogP contribution in [0.2, 0.25) is 0 Å². The molecule has 0 radical (unpaired) electrons. The number of hydrogen-bond donors (Lipinski definition) is 3. The smallest absolute Gasteiger partial charge is 0.269 e. The number of nitrogens with one attached hydrogen (secondary N) is 2. The van der Waals surface area contributed by atoms with E-state index in [0.717, 1.165) is 19.3 Å². The predicted octanol–water partition coefficient (Wildman–Crippen LogP) is 1.08. The third-order valence-corrected chi connectivity index (χ3v) is 2.77. The van der Waals surface area contributed by atoms with E-state index in [4.69, 9.17) is 5.73 Å². The number of allylic oxidation sites excluding steroid dienone is 2. The van der Waals surface area contributed by atoms with Gasteiger partial charge in [0, 0.05) is 12.6 Å². The minimum absolute atomic E-state index is 0.140. The van der Waals surface area contributed by atoms with E-state index in [9.17, 15) is 4.79 Å². The minimum Gasteiger partial charge on any atom is -0.382 e. The molecule has 1 atom stereocenters. The van der Waals surface area contributed by atoms with Gasteiger partial charge in [0.25, 0.3) is 5.91 Å².